The molecule has 4 nitrogen and oxygen atoms in total. The minimum Gasteiger partial charge on any atom is -0.481 e. The molecule has 0 radical (unpaired) electrons. The molecule has 4 heteroatoms. The first-order valence-corrected chi connectivity index (χ1v) is 5.90. The lowest BCUT2D eigenvalue weighted by Gasteiger charge is -2.16. The Morgan fingerprint density at radius 1 is 1.33 bits per heavy atom. The molecule has 2 rings (SSSR count). The number of carboxylic acids is 1. The third-order valence-electron chi connectivity index (χ3n) is 2.86. The minimum absolute atomic E-state index is 0.161. The number of benzene rings is 1. The van der Waals surface area contributed by atoms with E-state index in [4.69, 9.17) is 5.11 Å². The van der Waals surface area contributed by atoms with Crippen LogP contribution in [0.15, 0.2) is 36.5 Å². The van der Waals surface area contributed by atoms with Gasteiger partial charge in [-0.05, 0) is 18.7 Å². The van der Waals surface area contributed by atoms with Gasteiger partial charge in [-0.15, -0.1) is 0 Å². The van der Waals surface area contributed by atoms with Crippen LogP contribution in [0.25, 0.3) is 10.9 Å². The molecule has 0 aliphatic rings. The van der Waals surface area contributed by atoms with Gasteiger partial charge in [-0.2, -0.15) is 0 Å². The van der Waals surface area contributed by atoms with Gasteiger partial charge >= 0.3 is 5.97 Å². The predicted octanol–water partition coefficient (Wildman–Crippen LogP) is 2.14. The standard InChI is InChI=1S/C14H16N2O2/c1-16(9-7-13(17)18)10-12-5-2-4-11-6-3-8-15-14(11)12/h2-6,8H,7,9-10H2,1H3,(H,17,18). The molecule has 0 spiro atoms. The lowest BCUT2D eigenvalue weighted by Crippen LogP contribution is -2.21. The van der Waals surface area contributed by atoms with Crippen molar-refractivity contribution in [3.05, 3.63) is 42.1 Å². The molecule has 0 unspecified atom stereocenters. The molecule has 0 aliphatic heterocycles. The summed E-state index contributed by atoms with van der Waals surface area (Å²) in [5, 5.41) is 9.77. The largest absolute Gasteiger partial charge is 0.481 e. The fraction of sp³-hybridized carbons (Fsp3) is 0.286. The average Bonchev–Trinajstić information content (AvgIpc) is 2.37. The molecule has 0 amide bonds. The van der Waals surface area contributed by atoms with Crippen LogP contribution in [0, 0.1) is 0 Å². The van der Waals surface area contributed by atoms with E-state index in [9.17, 15) is 4.79 Å². The first kappa shape index (κ1) is 12.5. The third kappa shape index (κ3) is 3.05. The number of nitrogens with zero attached hydrogens (tertiary/aromatic N) is 2. The molecule has 0 bridgehead atoms. The number of aromatic nitrogens is 1. The second-order valence-corrected chi connectivity index (χ2v) is 4.37. The highest BCUT2D eigenvalue weighted by Crippen LogP contribution is 2.17. The first-order valence-electron chi connectivity index (χ1n) is 5.90. The van der Waals surface area contributed by atoms with Gasteiger partial charge in [0.05, 0.1) is 11.9 Å². The first-order chi connectivity index (χ1) is 8.66. The molecule has 0 fully saturated rings. The predicted molar refractivity (Wildman–Crippen MR) is 70.3 cm³/mol. The van der Waals surface area contributed by atoms with Crippen molar-refractivity contribution in [2.75, 3.05) is 13.6 Å². The van der Waals surface area contributed by atoms with Crippen LogP contribution in [0.2, 0.25) is 0 Å². The van der Waals surface area contributed by atoms with E-state index in [0.717, 1.165) is 16.5 Å². The summed E-state index contributed by atoms with van der Waals surface area (Å²) in [6, 6.07) is 10.0. The highest BCUT2D eigenvalue weighted by Gasteiger charge is 2.06. The quantitative estimate of drug-likeness (QED) is 0.875. The van der Waals surface area contributed by atoms with Crippen LogP contribution in [-0.2, 0) is 11.3 Å². The number of hydrogen-bond acceptors (Lipinski definition) is 3. The second kappa shape index (κ2) is 5.60. The lowest BCUT2D eigenvalue weighted by atomic mass is 10.1. The molecule has 0 aliphatic carbocycles. The molecule has 18 heavy (non-hydrogen) atoms. The number of fused-ring (bicyclic) bond motifs is 1. The molecule has 0 saturated carbocycles. The molecule has 1 aromatic carbocycles. The van der Waals surface area contributed by atoms with Crippen LogP contribution in [0.4, 0.5) is 0 Å². The fourth-order valence-electron chi connectivity index (χ4n) is 1.95. The number of aliphatic carboxylic acids is 1. The Bertz CT molecular complexity index is 549. The van der Waals surface area contributed by atoms with Gasteiger partial charge < -0.3 is 10.0 Å². The van der Waals surface area contributed by atoms with Gasteiger partial charge in [-0.25, -0.2) is 0 Å². The number of carboxylic acid groups (broad SMARTS) is 1. The molecule has 0 atom stereocenters. The van der Waals surface area contributed by atoms with Crippen LogP contribution in [0.1, 0.15) is 12.0 Å². The van der Waals surface area contributed by atoms with Crippen molar-refractivity contribution in [2.24, 2.45) is 0 Å². The summed E-state index contributed by atoms with van der Waals surface area (Å²) in [5.41, 5.74) is 2.11. The van der Waals surface area contributed by atoms with E-state index in [1.807, 2.05) is 42.3 Å². The molecule has 94 valence electrons. The van der Waals surface area contributed by atoms with E-state index in [2.05, 4.69) is 4.98 Å². The Balaban J connectivity index is 2.14. The number of pyridine rings is 1. The van der Waals surface area contributed by atoms with Crippen molar-refractivity contribution in [2.45, 2.75) is 13.0 Å². The Labute approximate surface area is 106 Å². The zero-order valence-electron chi connectivity index (χ0n) is 10.3. The topological polar surface area (TPSA) is 53.4 Å². The highest BCUT2D eigenvalue weighted by atomic mass is 16.4. The molecule has 2 aromatic rings. The summed E-state index contributed by atoms with van der Waals surface area (Å²) in [6.45, 7) is 1.25. The Morgan fingerprint density at radius 3 is 2.89 bits per heavy atom. The van der Waals surface area contributed by atoms with Gasteiger partial charge in [0.1, 0.15) is 0 Å². The van der Waals surface area contributed by atoms with Gasteiger partial charge in [-0.1, -0.05) is 24.3 Å². The Morgan fingerprint density at radius 2 is 2.11 bits per heavy atom. The second-order valence-electron chi connectivity index (χ2n) is 4.37. The maximum absolute atomic E-state index is 10.5. The monoisotopic (exact) mass is 244 g/mol. The fourth-order valence-corrected chi connectivity index (χ4v) is 1.95. The maximum Gasteiger partial charge on any atom is 0.304 e. The van der Waals surface area contributed by atoms with E-state index in [1.54, 1.807) is 6.20 Å². The zero-order chi connectivity index (χ0) is 13.0. The SMILES string of the molecule is CN(CCC(=O)O)Cc1cccc2cccnc12. The Kier molecular flexibility index (Phi) is 3.89. The normalized spacial score (nSPS) is 11.0. The molecular formula is C14H16N2O2. The highest BCUT2D eigenvalue weighted by molar-refractivity contribution is 5.81. The molecule has 0 saturated heterocycles. The summed E-state index contributed by atoms with van der Waals surface area (Å²) in [4.78, 5) is 16.9. The van der Waals surface area contributed by atoms with Gasteiger partial charge in [0.15, 0.2) is 0 Å². The van der Waals surface area contributed by atoms with Crippen molar-refractivity contribution >= 4 is 16.9 Å². The molecule has 1 N–H and O–H groups in total. The van der Waals surface area contributed by atoms with E-state index in [-0.39, 0.29) is 6.42 Å². The summed E-state index contributed by atoms with van der Waals surface area (Å²) in [6.07, 6.45) is 1.94. The number of carbonyl (C=O) groups is 1. The van der Waals surface area contributed by atoms with E-state index < -0.39 is 5.97 Å². The number of hydrogen-bond donors (Lipinski definition) is 1. The van der Waals surface area contributed by atoms with Crippen LogP contribution >= 0.6 is 0 Å². The van der Waals surface area contributed by atoms with Crippen molar-refractivity contribution in [1.82, 2.24) is 9.88 Å². The summed E-state index contributed by atoms with van der Waals surface area (Å²) >= 11 is 0. The third-order valence-corrected chi connectivity index (χ3v) is 2.86. The van der Waals surface area contributed by atoms with E-state index >= 15 is 0 Å². The molecule has 1 aromatic heterocycles. The lowest BCUT2D eigenvalue weighted by molar-refractivity contribution is -0.137. The van der Waals surface area contributed by atoms with Crippen molar-refractivity contribution in [1.29, 1.82) is 0 Å². The van der Waals surface area contributed by atoms with Crippen LogP contribution in [-0.4, -0.2) is 34.6 Å². The average molecular weight is 244 g/mol. The smallest absolute Gasteiger partial charge is 0.304 e. The summed E-state index contributed by atoms with van der Waals surface area (Å²) < 4.78 is 0. The van der Waals surface area contributed by atoms with Gasteiger partial charge in [0.2, 0.25) is 0 Å². The van der Waals surface area contributed by atoms with Crippen LogP contribution < -0.4 is 0 Å². The van der Waals surface area contributed by atoms with E-state index in [1.165, 1.54) is 0 Å². The van der Waals surface area contributed by atoms with Crippen molar-refractivity contribution < 1.29 is 9.90 Å². The van der Waals surface area contributed by atoms with Crippen molar-refractivity contribution in [3.8, 4) is 0 Å². The zero-order valence-corrected chi connectivity index (χ0v) is 10.3. The van der Waals surface area contributed by atoms with Gasteiger partial charge in [-0.3, -0.25) is 9.78 Å². The number of rotatable bonds is 5. The van der Waals surface area contributed by atoms with Crippen LogP contribution in [0.5, 0.6) is 0 Å². The van der Waals surface area contributed by atoms with Crippen LogP contribution in [0.3, 0.4) is 0 Å². The minimum atomic E-state index is -0.766. The maximum atomic E-state index is 10.5. The summed E-state index contributed by atoms with van der Waals surface area (Å²) in [7, 11) is 1.92. The van der Waals surface area contributed by atoms with E-state index in [0.29, 0.717) is 13.1 Å². The van der Waals surface area contributed by atoms with Gasteiger partial charge in [0, 0.05) is 24.7 Å². The Hall–Kier alpha value is -1.94. The summed E-state index contributed by atoms with van der Waals surface area (Å²) in [5.74, 6) is -0.766. The molecule has 1 heterocycles. The number of para-hydroxylation sites is 1. The van der Waals surface area contributed by atoms with Crippen molar-refractivity contribution in [3.63, 3.8) is 0 Å². The van der Waals surface area contributed by atoms with Gasteiger partial charge in [0.25, 0.3) is 0 Å². The molecular weight excluding hydrogens is 228 g/mol.